The number of likely N-dealkylation sites (tertiary alicyclic amines) is 1. The van der Waals surface area contributed by atoms with E-state index in [0.29, 0.717) is 19.5 Å². The molecule has 2 unspecified atom stereocenters. The van der Waals surface area contributed by atoms with E-state index in [1.165, 1.54) is 0 Å². The van der Waals surface area contributed by atoms with Crippen LogP contribution in [-0.4, -0.2) is 35.8 Å². The summed E-state index contributed by atoms with van der Waals surface area (Å²) in [6.07, 6.45) is 2.24. The van der Waals surface area contributed by atoms with E-state index >= 15 is 0 Å². The summed E-state index contributed by atoms with van der Waals surface area (Å²) in [5.41, 5.74) is 11.1. The molecule has 0 bridgehead atoms. The monoisotopic (exact) mass is 255 g/mol. The maximum atomic E-state index is 12.4. The Labute approximate surface area is 109 Å². The fourth-order valence-electron chi connectivity index (χ4n) is 2.57. The molecule has 1 heterocycles. The fourth-order valence-corrected chi connectivity index (χ4v) is 2.57. The molecule has 5 nitrogen and oxygen atoms in total. The molecule has 1 rings (SSSR count). The van der Waals surface area contributed by atoms with Gasteiger partial charge in [-0.1, -0.05) is 20.8 Å². The lowest BCUT2D eigenvalue weighted by Gasteiger charge is -2.30. The Balaban J connectivity index is 2.74. The van der Waals surface area contributed by atoms with Crippen molar-refractivity contribution in [1.82, 2.24) is 4.90 Å². The first-order valence-corrected chi connectivity index (χ1v) is 6.56. The van der Waals surface area contributed by atoms with Crippen LogP contribution in [0.5, 0.6) is 0 Å². The van der Waals surface area contributed by atoms with Crippen LogP contribution in [0.2, 0.25) is 0 Å². The van der Waals surface area contributed by atoms with Crippen molar-refractivity contribution in [3.05, 3.63) is 0 Å². The van der Waals surface area contributed by atoms with Crippen molar-refractivity contribution in [3.63, 3.8) is 0 Å². The van der Waals surface area contributed by atoms with E-state index in [1.807, 2.05) is 0 Å². The van der Waals surface area contributed by atoms with E-state index in [-0.39, 0.29) is 17.2 Å². The number of hydrogen-bond acceptors (Lipinski definition) is 3. The zero-order chi connectivity index (χ0) is 13.9. The zero-order valence-electron chi connectivity index (χ0n) is 11.6. The maximum Gasteiger partial charge on any atom is 0.240 e. The summed E-state index contributed by atoms with van der Waals surface area (Å²) in [5.74, 6) is -0.647. The number of amides is 2. The predicted molar refractivity (Wildman–Crippen MR) is 70.5 cm³/mol. The molecule has 5 heteroatoms. The SMILES string of the molecule is CC(C)(C)CC(CN)C(=O)N1CCCC1C(N)=O. The van der Waals surface area contributed by atoms with Crippen LogP contribution < -0.4 is 11.5 Å². The molecular formula is C13H25N3O2. The smallest absolute Gasteiger partial charge is 0.240 e. The highest BCUT2D eigenvalue weighted by molar-refractivity contribution is 5.88. The Morgan fingerprint density at radius 1 is 1.39 bits per heavy atom. The molecule has 0 aliphatic carbocycles. The third-order valence-electron chi connectivity index (χ3n) is 3.36. The second kappa shape index (κ2) is 5.69. The second-order valence-electron chi connectivity index (χ2n) is 6.29. The van der Waals surface area contributed by atoms with E-state index in [9.17, 15) is 9.59 Å². The maximum absolute atomic E-state index is 12.4. The highest BCUT2D eigenvalue weighted by Gasteiger charge is 2.36. The quantitative estimate of drug-likeness (QED) is 0.765. The first-order chi connectivity index (χ1) is 8.26. The third kappa shape index (κ3) is 3.70. The first-order valence-electron chi connectivity index (χ1n) is 6.56. The van der Waals surface area contributed by atoms with Crippen LogP contribution in [0.15, 0.2) is 0 Å². The van der Waals surface area contributed by atoms with Crippen molar-refractivity contribution in [2.45, 2.75) is 46.1 Å². The van der Waals surface area contributed by atoms with E-state index in [1.54, 1.807) is 4.90 Å². The van der Waals surface area contributed by atoms with Gasteiger partial charge in [0.15, 0.2) is 0 Å². The van der Waals surface area contributed by atoms with Gasteiger partial charge in [0.05, 0.1) is 5.92 Å². The van der Waals surface area contributed by atoms with E-state index < -0.39 is 11.9 Å². The summed E-state index contributed by atoms with van der Waals surface area (Å²) < 4.78 is 0. The molecule has 4 N–H and O–H groups in total. The van der Waals surface area contributed by atoms with Gasteiger partial charge in [-0.25, -0.2) is 0 Å². The molecule has 0 radical (unpaired) electrons. The van der Waals surface area contributed by atoms with E-state index in [0.717, 1.165) is 12.8 Å². The number of carbonyl (C=O) groups excluding carboxylic acids is 2. The Morgan fingerprint density at radius 2 is 2.00 bits per heavy atom. The van der Waals surface area contributed by atoms with Gasteiger partial charge in [-0.2, -0.15) is 0 Å². The largest absolute Gasteiger partial charge is 0.368 e. The summed E-state index contributed by atoms with van der Waals surface area (Å²) in [6, 6.07) is -0.438. The molecular weight excluding hydrogens is 230 g/mol. The van der Waals surface area contributed by atoms with Crippen molar-refractivity contribution >= 4 is 11.8 Å². The van der Waals surface area contributed by atoms with Crippen LogP contribution in [-0.2, 0) is 9.59 Å². The minimum atomic E-state index is -0.438. The summed E-state index contributed by atoms with van der Waals surface area (Å²) in [7, 11) is 0. The minimum Gasteiger partial charge on any atom is -0.368 e. The highest BCUT2D eigenvalue weighted by atomic mass is 16.2. The summed E-state index contributed by atoms with van der Waals surface area (Å²) in [4.78, 5) is 25.3. The lowest BCUT2D eigenvalue weighted by Crippen LogP contribution is -2.48. The molecule has 104 valence electrons. The molecule has 0 aromatic carbocycles. The molecule has 1 aliphatic heterocycles. The van der Waals surface area contributed by atoms with Crippen molar-refractivity contribution in [1.29, 1.82) is 0 Å². The summed E-state index contributed by atoms with van der Waals surface area (Å²) >= 11 is 0. The lowest BCUT2D eigenvalue weighted by atomic mass is 9.84. The molecule has 1 fully saturated rings. The molecule has 0 saturated carbocycles. The zero-order valence-corrected chi connectivity index (χ0v) is 11.6. The van der Waals surface area contributed by atoms with Crippen molar-refractivity contribution in [2.24, 2.45) is 22.8 Å². The van der Waals surface area contributed by atoms with Gasteiger partial charge in [0.2, 0.25) is 11.8 Å². The van der Waals surface area contributed by atoms with Crippen LogP contribution in [0, 0.1) is 11.3 Å². The van der Waals surface area contributed by atoms with Gasteiger partial charge in [0.25, 0.3) is 0 Å². The molecule has 0 spiro atoms. The third-order valence-corrected chi connectivity index (χ3v) is 3.36. The Hall–Kier alpha value is -1.10. The molecule has 1 saturated heterocycles. The Morgan fingerprint density at radius 3 is 2.44 bits per heavy atom. The van der Waals surface area contributed by atoms with Crippen LogP contribution >= 0.6 is 0 Å². The number of primary amides is 1. The first kappa shape index (κ1) is 15.0. The van der Waals surface area contributed by atoms with Crippen LogP contribution in [0.3, 0.4) is 0 Å². The summed E-state index contributed by atoms with van der Waals surface area (Å²) in [6.45, 7) is 7.18. The molecule has 2 amide bonds. The Bertz CT molecular complexity index is 323. The number of carbonyl (C=O) groups is 2. The average molecular weight is 255 g/mol. The average Bonchev–Trinajstić information content (AvgIpc) is 2.72. The van der Waals surface area contributed by atoms with Gasteiger partial charge >= 0.3 is 0 Å². The van der Waals surface area contributed by atoms with Crippen LogP contribution in [0.1, 0.15) is 40.0 Å². The van der Waals surface area contributed by atoms with Crippen molar-refractivity contribution < 1.29 is 9.59 Å². The number of rotatable bonds is 4. The highest BCUT2D eigenvalue weighted by Crippen LogP contribution is 2.27. The molecule has 0 aromatic heterocycles. The second-order valence-corrected chi connectivity index (χ2v) is 6.29. The predicted octanol–water partition coefficient (Wildman–Crippen LogP) is 0.474. The molecule has 18 heavy (non-hydrogen) atoms. The van der Waals surface area contributed by atoms with Gasteiger partial charge in [-0.05, 0) is 24.7 Å². The van der Waals surface area contributed by atoms with Crippen molar-refractivity contribution in [2.75, 3.05) is 13.1 Å². The number of nitrogens with zero attached hydrogens (tertiary/aromatic N) is 1. The van der Waals surface area contributed by atoms with Gasteiger partial charge in [-0.15, -0.1) is 0 Å². The van der Waals surface area contributed by atoms with Crippen LogP contribution in [0.25, 0.3) is 0 Å². The number of hydrogen-bond donors (Lipinski definition) is 2. The molecule has 0 aromatic rings. The fraction of sp³-hybridized carbons (Fsp3) is 0.846. The van der Waals surface area contributed by atoms with E-state index in [4.69, 9.17) is 11.5 Å². The normalized spacial score (nSPS) is 22.0. The summed E-state index contributed by atoms with van der Waals surface area (Å²) in [5, 5.41) is 0. The van der Waals surface area contributed by atoms with Gasteiger partial charge < -0.3 is 16.4 Å². The van der Waals surface area contributed by atoms with Gasteiger partial charge in [0.1, 0.15) is 6.04 Å². The minimum absolute atomic E-state index is 0.0197. The number of nitrogens with two attached hydrogens (primary N) is 2. The van der Waals surface area contributed by atoms with E-state index in [2.05, 4.69) is 20.8 Å². The van der Waals surface area contributed by atoms with Crippen molar-refractivity contribution in [3.8, 4) is 0 Å². The lowest BCUT2D eigenvalue weighted by molar-refractivity contribution is -0.141. The Kier molecular flexibility index (Phi) is 4.73. The van der Waals surface area contributed by atoms with Gasteiger partial charge in [0, 0.05) is 13.1 Å². The standard InChI is InChI=1S/C13H25N3O2/c1-13(2,3)7-9(8-14)12(18)16-6-4-5-10(16)11(15)17/h9-10H,4-8,14H2,1-3H3,(H2,15,17). The topological polar surface area (TPSA) is 89.4 Å². The van der Waals surface area contributed by atoms with Gasteiger partial charge in [-0.3, -0.25) is 9.59 Å². The van der Waals surface area contributed by atoms with Crippen LogP contribution in [0.4, 0.5) is 0 Å². The molecule has 2 atom stereocenters. The molecule has 1 aliphatic rings.